The minimum Gasteiger partial charge on any atom is -0.461 e. The van der Waals surface area contributed by atoms with Crippen LogP contribution in [0.4, 0.5) is 0 Å². The summed E-state index contributed by atoms with van der Waals surface area (Å²) in [6.45, 7) is 4.00. The molecule has 1 aromatic heterocycles. The summed E-state index contributed by atoms with van der Waals surface area (Å²) in [5.74, 6) is -5.35. The predicted molar refractivity (Wildman–Crippen MR) is 116 cm³/mol. The Kier molecular flexibility index (Phi) is 8.09. The van der Waals surface area contributed by atoms with Crippen LogP contribution in [0.1, 0.15) is 74.5 Å². The van der Waals surface area contributed by atoms with E-state index in [4.69, 9.17) is 19.0 Å². The molecule has 0 aliphatic carbocycles. The van der Waals surface area contributed by atoms with Crippen LogP contribution >= 0.6 is 0 Å². The number of carbonyl (C=O) groups excluding carboxylic acids is 5. The molecule has 1 aliphatic rings. The number of hydrogen-bond acceptors (Lipinski definition) is 12. The van der Waals surface area contributed by atoms with Crippen LogP contribution in [-0.2, 0) is 45.0 Å². The van der Waals surface area contributed by atoms with E-state index in [0.717, 1.165) is 40.5 Å². The van der Waals surface area contributed by atoms with Crippen molar-refractivity contribution in [2.75, 3.05) is 6.61 Å². The molecule has 14 heteroatoms. The van der Waals surface area contributed by atoms with Gasteiger partial charge in [-0.3, -0.25) is 9.59 Å². The summed E-state index contributed by atoms with van der Waals surface area (Å²) < 4.78 is 16.8. The number of ether oxygens (including phenoxy) is 3. The van der Waals surface area contributed by atoms with Gasteiger partial charge in [0, 0.05) is 45.4 Å². The summed E-state index contributed by atoms with van der Waals surface area (Å²) in [6.07, 6.45) is 1.24. The number of H-pyrrole nitrogens is 1. The Hall–Kier alpha value is -4.20. The first-order chi connectivity index (χ1) is 17.0. The van der Waals surface area contributed by atoms with Gasteiger partial charge in [0.2, 0.25) is 0 Å². The maximum Gasteiger partial charge on any atom is 0.390 e. The highest BCUT2D eigenvalue weighted by molar-refractivity contribution is 6.04. The number of nitrogens with zero attached hydrogens (tertiary/aromatic N) is 1. The summed E-state index contributed by atoms with van der Waals surface area (Å²) in [4.78, 5) is 89.2. The van der Waals surface area contributed by atoms with Gasteiger partial charge >= 0.3 is 35.5 Å². The van der Waals surface area contributed by atoms with Crippen molar-refractivity contribution in [3.63, 3.8) is 0 Å². The highest BCUT2D eigenvalue weighted by Gasteiger charge is 2.36. The number of aromatic amines is 1. The maximum absolute atomic E-state index is 13.2. The minimum atomic E-state index is -1.31. The Balaban J connectivity index is 2.47. The third-order valence-corrected chi connectivity index (χ3v) is 5.02. The summed E-state index contributed by atoms with van der Waals surface area (Å²) in [5.41, 5.74) is -1.56. The lowest BCUT2D eigenvalue weighted by atomic mass is 9.91. The normalized spacial score (nSPS) is 15.2. The van der Waals surface area contributed by atoms with Crippen molar-refractivity contribution < 1.29 is 52.8 Å². The van der Waals surface area contributed by atoms with Gasteiger partial charge in [-0.1, -0.05) is 0 Å². The van der Waals surface area contributed by atoms with E-state index in [9.17, 15) is 28.8 Å². The molecule has 1 unspecified atom stereocenters. The van der Waals surface area contributed by atoms with Gasteiger partial charge < -0.3 is 24.0 Å². The summed E-state index contributed by atoms with van der Waals surface area (Å²) in [5, 5.41) is 0. The van der Waals surface area contributed by atoms with Gasteiger partial charge in [-0.05, 0) is 19.3 Å². The van der Waals surface area contributed by atoms with E-state index in [1.807, 2.05) is 0 Å². The molecule has 3 rings (SSSR count). The van der Waals surface area contributed by atoms with E-state index >= 15 is 0 Å². The maximum atomic E-state index is 13.2. The highest BCUT2D eigenvalue weighted by Crippen LogP contribution is 2.42. The molecule has 2 aromatic rings. The number of esters is 2. The second kappa shape index (κ2) is 11.0. The Labute approximate surface area is 203 Å². The van der Waals surface area contributed by atoms with Gasteiger partial charge in [0.05, 0.1) is 11.6 Å². The molecule has 0 saturated carbocycles. The van der Waals surface area contributed by atoms with Crippen molar-refractivity contribution >= 4 is 40.9 Å². The SMILES string of the molecule is CC(=O)OCc1c(C(=O)OOC(C)=O)c(OC(C)=O)c2c([nH]c(=O)n2OC(C)=O)c1C1CCCCO1. The topological polar surface area (TPSA) is 179 Å². The number of rotatable bonds is 6. The summed E-state index contributed by atoms with van der Waals surface area (Å²) in [6, 6.07) is 0. The first kappa shape index (κ1) is 26.4. The summed E-state index contributed by atoms with van der Waals surface area (Å²) in [7, 11) is 0. The van der Waals surface area contributed by atoms with Gasteiger partial charge in [0.1, 0.15) is 12.2 Å². The molecule has 2 heterocycles. The number of hydrogen-bond donors (Lipinski definition) is 1. The molecule has 0 bridgehead atoms. The van der Waals surface area contributed by atoms with Gasteiger partial charge in [-0.25, -0.2) is 29.0 Å². The third kappa shape index (κ3) is 5.71. The quantitative estimate of drug-likeness (QED) is 0.255. The van der Waals surface area contributed by atoms with Crippen LogP contribution in [-0.4, -0.2) is 46.2 Å². The lowest BCUT2D eigenvalue weighted by Gasteiger charge is -2.27. The van der Waals surface area contributed by atoms with E-state index in [2.05, 4.69) is 14.8 Å². The molecule has 194 valence electrons. The zero-order valence-corrected chi connectivity index (χ0v) is 20.0. The molecule has 1 aromatic carbocycles. The van der Waals surface area contributed by atoms with Crippen molar-refractivity contribution in [1.29, 1.82) is 0 Å². The number of carbonyl (C=O) groups is 5. The third-order valence-electron chi connectivity index (χ3n) is 5.02. The number of nitrogens with one attached hydrogen (secondary N) is 1. The first-order valence-corrected chi connectivity index (χ1v) is 10.9. The van der Waals surface area contributed by atoms with Crippen LogP contribution in [0.3, 0.4) is 0 Å². The van der Waals surface area contributed by atoms with Crippen LogP contribution in [0, 0.1) is 0 Å². The lowest BCUT2D eigenvalue weighted by molar-refractivity contribution is -0.231. The molecule has 0 amide bonds. The van der Waals surface area contributed by atoms with Crippen molar-refractivity contribution in [2.45, 2.75) is 59.7 Å². The standard InChI is InChI=1S/C22H24N2O12/c1-10(25)32-9-14-16(15-7-5-6-8-31-15)18-19(24(22(30)23-18)34-12(3)27)20(33-11(2)26)17(14)21(29)36-35-13(4)28/h15H,5-9H2,1-4H3,(H,23,30). The van der Waals surface area contributed by atoms with Crippen molar-refractivity contribution in [2.24, 2.45) is 0 Å². The Bertz CT molecular complexity index is 1280. The fourth-order valence-corrected chi connectivity index (χ4v) is 3.82. The van der Waals surface area contributed by atoms with E-state index in [-0.39, 0.29) is 22.2 Å². The van der Waals surface area contributed by atoms with Crippen molar-refractivity contribution in [1.82, 2.24) is 9.71 Å². The zero-order valence-electron chi connectivity index (χ0n) is 20.0. The van der Waals surface area contributed by atoms with E-state index in [1.165, 1.54) is 0 Å². The number of fused-ring (bicyclic) bond motifs is 1. The van der Waals surface area contributed by atoms with Gasteiger partial charge in [-0.15, -0.1) is 4.73 Å². The van der Waals surface area contributed by atoms with E-state index < -0.39 is 59.6 Å². The number of aromatic nitrogens is 2. The first-order valence-electron chi connectivity index (χ1n) is 10.9. The fourth-order valence-electron chi connectivity index (χ4n) is 3.82. The molecule has 14 nitrogen and oxygen atoms in total. The smallest absolute Gasteiger partial charge is 0.390 e. The average Bonchev–Trinajstić information content (AvgIpc) is 3.11. The largest absolute Gasteiger partial charge is 0.461 e. The second-order valence-electron chi connectivity index (χ2n) is 7.80. The van der Waals surface area contributed by atoms with Gasteiger partial charge in [0.25, 0.3) is 0 Å². The summed E-state index contributed by atoms with van der Waals surface area (Å²) >= 11 is 0. The van der Waals surface area contributed by atoms with Gasteiger partial charge in [0.15, 0.2) is 11.3 Å². The fraction of sp³-hybridized carbons (Fsp3) is 0.455. The van der Waals surface area contributed by atoms with Crippen LogP contribution in [0.25, 0.3) is 11.0 Å². The van der Waals surface area contributed by atoms with Crippen LogP contribution in [0.15, 0.2) is 4.79 Å². The highest BCUT2D eigenvalue weighted by atomic mass is 17.2. The second-order valence-corrected chi connectivity index (χ2v) is 7.80. The molecule has 0 spiro atoms. The molecule has 0 radical (unpaired) electrons. The molecule has 36 heavy (non-hydrogen) atoms. The van der Waals surface area contributed by atoms with Crippen molar-refractivity contribution in [3.05, 3.63) is 27.2 Å². The monoisotopic (exact) mass is 508 g/mol. The molecule has 1 N–H and O–H groups in total. The van der Waals surface area contributed by atoms with Gasteiger partial charge in [-0.2, -0.15) is 0 Å². The molecular formula is C22H24N2O12. The minimum absolute atomic E-state index is 0.00980. The Morgan fingerprint density at radius 3 is 2.25 bits per heavy atom. The van der Waals surface area contributed by atoms with Crippen LogP contribution in [0.2, 0.25) is 0 Å². The van der Waals surface area contributed by atoms with Crippen LogP contribution in [0.5, 0.6) is 5.75 Å². The van der Waals surface area contributed by atoms with E-state index in [0.29, 0.717) is 17.8 Å². The number of imidazole rings is 1. The predicted octanol–water partition coefficient (Wildman–Crippen LogP) is 1.17. The molecule has 1 aliphatic heterocycles. The molecular weight excluding hydrogens is 484 g/mol. The van der Waals surface area contributed by atoms with Crippen molar-refractivity contribution in [3.8, 4) is 5.75 Å². The van der Waals surface area contributed by atoms with E-state index in [1.54, 1.807) is 0 Å². The molecule has 1 atom stereocenters. The average molecular weight is 508 g/mol. The van der Waals surface area contributed by atoms with Crippen LogP contribution < -0.4 is 15.3 Å². The molecule has 1 fully saturated rings. The zero-order chi connectivity index (χ0) is 26.6. The Morgan fingerprint density at radius 1 is 0.972 bits per heavy atom. The lowest BCUT2D eigenvalue weighted by Crippen LogP contribution is -2.28. The molecule has 1 saturated heterocycles. The Morgan fingerprint density at radius 2 is 1.69 bits per heavy atom. The number of benzene rings is 1.